The lowest BCUT2D eigenvalue weighted by molar-refractivity contribution is 0.706. The van der Waals surface area contributed by atoms with Crippen molar-refractivity contribution in [3.8, 4) is 0 Å². The van der Waals surface area contributed by atoms with Gasteiger partial charge in [0.25, 0.3) is 0 Å². The fourth-order valence-electron chi connectivity index (χ4n) is 2.36. The van der Waals surface area contributed by atoms with E-state index in [0.717, 1.165) is 22.6 Å². The van der Waals surface area contributed by atoms with Crippen molar-refractivity contribution in [2.45, 2.75) is 32.2 Å². The van der Waals surface area contributed by atoms with Crippen LogP contribution in [-0.4, -0.2) is 9.97 Å². The number of fused-ring (bicyclic) bond motifs is 1. The van der Waals surface area contributed by atoms with E-state index in [1.807, 2.05) is 6.07 Å². The Morgan fingerprint density at radius 2 is 2.10 bits per heavy atom. The van der Waals surface area contributed by atoms with E-state index in [1.165, 1.54) is 10.9 Å². The number of nitrogens with zero attached hydrogens (tertiary/aromatic N) is 1. The van der Waals surface area contributed by atoms with E-state index in [2.05, 4.69) is 53.6 Å². The molecule has 3 N–H and O–H groups in total. The maximum Gasteiger partial charge on any atom is 0.110 e. The molecule has 104 valence electrons. The van der Waals surface area contributed by atoms with E-state index < -0.39 is 0 Å². The van der Waals surface area contributed by atoms with Crippen LogP contribution in [0.25, 0.3) is 10.9 Å². The second kappa shape index (κ2) is 5.38. The van der Waals surface area contributed by atoms with Crippen LogP contribution in [0.3, 0.4) is 0 Å². The molecule has 0 saturated carbocycles. The van der Waals surface area contributed by atoms with Crippen LogP contribution >= 0.6 is 11.3 Å². The van der Waals surface area contributed by atoms with Gasteiger partial charge >= 0.3 is 0 Å². The van der Waals surface area contributed by atoms with Crippen molar-refractivity contribution in [2.24, 2.45) is 5.73 Å². The Hall–Kier alpha value is -1.65. The molecule has 0 bridgehead atoms. The van der Waals surface area contributed by atoms with Gasteiger partial charge in [-0.3, -0.25) is 0 Å². The molecule has 0 fully saturated rings. The molecule has 1 unspecified atom stereocenters. The van der Waals surface area contributed by atoms with Gasteiger partial charge in [0.15, 0.2) is 0 Å². The molecule has 2 heterocycles. The zero-order valence-corrected chi connectivity index (χ0v) is 12.6. The van der Waals surface area contributed by atoms with Gasteiger partial charge < -0.3 is 10.7 Å². The number of aromatic amines is 1. The van der Waals surface area contributed by atoms with Crippen molar-refractivity contribution >= 4 is 22.2 Å². The Kier molecular flexibility index (Phi) is 3.59. The fraction of sp³-hybridized carbons (Fsp3) is 0.312. The molecular formula is C16H19N3S. The third-order valence-corrected chi connectivity index (χ3v) is 4.56. The van der Waals surface area contributed by atoms with Crippen LogP contribution in [0.15, 0.2) is 35.8 Å². The van der Waals surface area contributed by atoms with E-state index in [9.17, 15) is 0 Å². The molecule has 20 heavy (non-hydrogen) atoms. The minimum absolute atomic E-state index is 0.0355. The largest absolute Gasteiger partial charge is 0.361 e. The van der Waals surface area contributed by atoms with E-state index in [0.29, 0.717) is 5.92 Å². The summed E-state index contributed by atoms with van der Waals surface area (Å²) in [6.45, 7) is 4.31. The van der Waals surface area contributed by atoms with Crippen molar-refractivity contribution in [1.82, 2.24) is 9.97 Å². The Morgan fingerprint density at radius 1 is 1.30 bits per heavy atom. The Morgan fingerprint density at radius 3 is 2.85 bits per heavy atom. The minimum atomic E-state index is -0.0355. The molecule has 1 atom stereocenters. The quantitative estimate of drug-likeness (QED) is 0.761. The number of para-hydroxylation sites is 1. The number of hydrogen-bond donors (Lipinski definition) is 2. The number of aromatic nitrogens is 2. The molecule has 0 spiro atoms. The highest BCUT2D eigenvalue weighted by Crippen LogP contribution is 2.26. The molecule has 0 aliphatic heterocycles. The minimum Gasteiger partial charge on any atom is -0.361 e. The van der Waals surface area contributed by atoms with Crippen molar-refractivity contribution in [2.75, 3.05) is 0 Å². The smallest absolute Gasteiger partial charge is 0.110 e. The maximum absolute atomic E-state index is 6.32. The Balaban J connectivity index is 1.82. The van der Waals surface area contributed by atoms with Crippen LogP contribution in [0.1, 0.15) is 42.1 Å². The fourth-order valence-corrected chi connectivity index (χ4v) is 3.34. The van der Waals surface area contributed by atoms with Gasteiger partial charge in [-0.15, -0.1) is 11.3 Å². The second-order valence-corrected chi connectivity index (χ2v) is 6.33. The first-order valence-corrected chi connectivity index (χ1v) is 7.79. The van der Waals surface area contributed by atoms with Gasteiger partial charge in [-0.1, -0.05) is 32.0 Å². The molecule has 3 nitrogen and oxygen atoms in total. The Labute approximate surface area is 122 Å². The van der Waals surface area contributed by atoms with Crippen LogP contribution in [0.5, 0.6) is 0 Å². The number of nitrogens with two attached hydrogens (primary N) is 1. The summed E-state index contributed by atoms with van der Waals surface area (Å²) in [6.07, 6.45) is 2.87. The SMILES string of the molecule is CC(C)c1csc(C(N)Cc2c[nH]c3ccccc23)n1. The Bertz CT molecular complexity index is 711. The maximum atomic E-state index is 6.32. The molecule has 0 radical (unpaired) electrons. The zero-order valence-electron chi connectivity index (χ0n) is 11.8. The first kappa shape index (κ1) is 13.3. The highest BCUT2D eigenvalue weighted by atomic mass is 32.1. The highest BCUT2D eigenvalue weighted by molar-refractivity contribution is 7.09. The van der Waals surface area contributed by atoms with Gasteiger partial charge in [0.1, 0.15) is 5.01 Å². The van der Waals surface area contributed by atoms with Crippen molar-refractivity contribution in [3.63, 3.8) is 0 Å². The average Bonchev–Trinajstić information content (AvgIpc) is 3.06. The molecule has 1 aromatic carbocycles. The number of benzene rings is 1. The first-order chi connectivity index (χ1) is 9.65. The van der Waals surface area contributed by atoms with Crippen LogP contribution in [0.2, 0.25) is 0 Å². The van der Waals surface area contributed by atoms with E-state index in [-0.39, 0.29) is 6.04 Å². The lowest BCUT2D eigenvalue weighted by Gasteiger charge is -2.07. The second-order valence-electron chi connectivity index (χ2n) is 5.44. The molecule has 0 aliphatic carbocycles. The zero-order chi connectivity index (χ0) is 14.1. The summed E-state index contributed by atoms with van der Waals surface area (Å²) < 4.78 is 0. The number of H-pyrrole nitrogens is 1. The summed E-state index contributed by atoms with van der Waals surface area (Å²) >= 11 is 1.67. The monoisotopic (exact) mass is 285 g/mol. The standard InChI is InChI=1S/C16H19N3S/c1-10(2)15-9-20-16(19-15)13(17)7-11-8-18-14-6-4-3-5-12(11)14/h3-6,8-10,13,18H,7,17H2,1-2H3. The summed E-state index contributed by atoms with van der Waals surface area (Å²) in [5.41, 5.74) is 9.89. The predicted molar refractivity (Wildman–Crippen MR) is 85.1 cm³/mol. The van der Waals surface area contributed by atoms with Gasteiger partial charge in [0, 0.05) is 22.5 Å². The molecule has 3 rings (SSSR count). The number of thiazole rings is 1. The van der Waals surface area contributed by atoms with Crippen LogP contribution < -0.4 is 5.73 Å². The van der Waals surface area contributed by atoms with E-state index in [4.69, 9.17) is 5.73 Å². The van der Waals surface area contributed by atoms with Crippen LogP contribution in [0, 0.1) is 0 Å². The number of hydrogen-bond acceptors (Lipinski definition) is 3. The van der Waals surface area contributed by atoms with Gasteiger partial charge in [-0.2, -0.15) is 0 Å². The van der Waals surface area contributed by atoms with Crippen molar-refractivity contribution in [1.29, 1.82) is 0 Å². The summed E-state index contributed by atoms with van der Waals surface area (Å²) in [6, 6.07) is 8.29. The highest BCUT2D eigenvalue weighted by Gasteiger charge is 2.15. The molecule has 0 saturated heterocycles. The molecule has 3 aromatic rings. The predicted octanol–water partition coefficient (Wildman–Crippen LogP) is 3.99. The summed E-state index contributed by atoms with van der Waals surface area (Å²) in [5.74, 6) is 0.459. The lowest BCUT2D eigenvalue weighted by Crippen LogP contribution is -2.13. The van der Waals surface area contributed by atoms with Gasteiger partial charge in [0.05, 0.1) is 11.7 Å². The molecule has 4 heteroatoms. The van der Waals surface area contributed by atoms with E-state index in [1.54, 1.807) is 11.3 Å². The van der Waals surface area contributed by atoms with Crippen molar-refractivity contribution < 1.29 is 0 Å². The summed E-state index contributed by atoms with van der Waals surface area (Å²) in [5, 5.41) is 4.40. The topological polar surface area (TPSA) is 54.7 Å². The molecule has 0 aliphatic rings. The first-order valence-electron chi connectivity index (χ1n) is 6.91. The number of rotatable bonds is 4. The van der Waals surface area contributed by atoms with Gasteiger partial charge in [0.2, 0.25) is 0 Å². The third-order valence-electron chi connectivity index (χ3n) is 3.56. The van der Waals surface area contributed by atoms with E-state index >= 15 is 0 Å². The normalized spacial score (nSPS) is 13.2. The summed E-state index contributed by atoms with van der Waals surface area (Å²) in [7, 11) is 0. The lowest BCUT2D eigenvalue weighted by atomic mass is 10.1. The molecule has 0 amide bonds. The third kappa shape index (κ3) is 2.49. The van der Waals surface area contributed by atoms with Gasteiger partial charge in [-0.25, -0.2) is 4.98 Å². The number of nitrogens with one attached hydrogen (secondary N) is 1. The average molecular weight is 285 g/mol. The summed E-state index contributed by atoms with van der Waals surface area (Å²) in [4.78, 5) is 7.95. The van der Waals surface area contributed by atoms with Crippen LogP contribution in [-0.2, 0) is 6.42 Å². The van der Waals surface area contributed by atoms with Crippen LogP contribution in [0.4, 0.5) is 0 Å². The molecule has 2 aromatic heterocycles. The molecular weight excluding hydrogens is 266 g/mol. The van der Waals surface area contributed by atoms with Gasteiger partial charge in [-0.05, 0) is 24.0 Å². The van der Waals surface area contributed by atoms with Crippen molar-refractivity contribution in [3.05, 3.63) is 52.1 Å².